The quantitative estimate of drug-likeness (QED) is 0.444. The Hall–Kier alpha value is -2.14. The number of nitrogens with zero attached hydrogens (tertiary/aromatic N) is 1. The molecule has 0 saturated heterocycles. The molecule has 8 nitrogen and oxygen atoms in total. The van der Waals surface area contributed by atoms with E-state index in [1.807, 2.05) is 0 Å². The summed E-state index contributed by atoms with van der Waals surface area (Å²) in [6.45, 7) is 1.26. The van der Waals surface area contributed by atoms with E-state index in [2.05, 4.69) is 0 Å². The van der Waals surface area contributed by atoms with Crippen LogP contribution < -0.4 is 4.74 Å². The minimum atomic E-state index is -3.72. The van der Waals surface area contributed by atoms with Crippen molar-refractivity contribution in [1.82, 2.24) is 4.31 Å². The minimum Gasteiger partial charge on any atom is -0.508 e. The van der Waals surface area contributed by atoms with Crippen molar-refractivity contribution in [3.05, 3.63) is 48.5 Å². The van der Waals surface area contributed by atoms with E-state index in [0.717, 1.165) is 4.31 Å². The number of carbonyl (C=O) groups excluding carboxylic acids is 1. The molecule has 11 heteroatoms. The van der Waals surface area contributed by atoms with E-state index in [1.54, 1.807) is 0 Å². The number of rotatable bonds is 4. The molecule has 0 heterocycles. The van der Waals surface area contributed by atoms with Crippen LogP contribution in [0, 0.1) is 0 Å². The molecule has 0 aliphatic rings. The van der Waals surface area contributed by atoms with Gasteiger partial charge in [0.15, 0.2) is 0 Å². The smallest absolute Gasteiger partial charge is 0.308 e. The summed E-state index contributed by atoms with van der Waals surface area (Å²) in [5.41, 5.74) is 0. The zero-order valence-electron chi connectivity index (χ0n) is 14.7. The van der Waals surface area contributed by atoms with Crippen molar-refractivity contribution in [2.45, 2.75) is 16.7 Å². The van der Waals surface area contributed by atoms with Gasteiger partial charge < -0.3 is 9.84 Å². The maximum Gasteiger partial charge on any atom is 0.308 e. The number of halogens is 1. The summed E-state index contributed by atoms with van der Waals surface area (Å²) in [5.74, 6) is -0.134. The first-order chi connectivity index (χ1) is 12.3. The third-order valence-corrected chi connectivity index (χ3v) is 6.18. The van der Waals surface area contributed by atoms with Gasteiger partial charge in [0.2, 0.25) is 10.0 Å². The molecule has 0 aliphatic carbocycles. The van der Waals surface area contributed by atoms with Crippen LogP contribution in [0.25, 0.3) is 0 Å². The summed E-state index contributed by atoms with van der Waals surface area (Å²) < 4.78 is 50.5. The predicted molar refractivity (Wildman–Crippen MR) is 99.8 cm³/mol. The SMILES string of the molecule is CC(=O)Oc1ccc(S(=O)(=O)Cl)cc1.CN(C)S(=O)(=O)c1ccc(O)cc1. The van der Waals surface area contributed by atoms with Gasteiger partial charge in [-0.25, -0.2) is 21.1 Å². The van der Waals surface area contributed by atoms with Crippen molar-refractivity contribution in [1.29, 1.82) is 0 Å². The third-order valence-electron chi connectivity index (χ3n) is 2.98. The molecule has 0 atom stereocenters. The molecule has 0 fully saturated rings. The normalized spacial score (nSPS) is 11.4. The molecule has 0 spiro atoms. The molecule has 0 aromatic heterocycles. The van der Waals surface area contributed by atoms with E-state index < -0.39 is 25.0 Å². The second-order valence-corrected chi connectivity index (χ2v) is 10.0. The van der Waals surface area contributed by atoms with E-state index in [4.69, 9.17) is 20.5 Å². The van der Waals surface area contributed by atoms with Gasteiger partial charge in [-0.05, 0) is 48.5 Å². The molecule has 1 N–H and O–H groups in total. The summed E-state index contributed by atoms with van der Waals surface area (Å²) >= 11 is 0. The van der Waals surface area contributed by atoms with Crippen molar-refractivity contribution < 1.29 is 31.5 Å². The first kappa shape index (κ1) is 22.9. The molecule has 0 radical (unpaired) electrons. The van der Waals surface area contributed by atoms with Crippen LogP contribution in [0.4, 0.5) is 0 Å². The Kier molecular flexibility index (Phi) is 7.78. The average Bonchev–Trinajstić information content (AvgIpc) is 2.55. The van der Waals surface area contributed by atoms with Crippen LogP contribution in [0.5, 0.6) is 11.5 Å². The number of esters is 1. The summed E-state index contributed by atoms with van der Waals surface area (Å²) in [5, 5.41) is 8.95. The van der Waals surface area contributed by atoms with Crippen molar-refractivity contribution in [2.24, 2.45) is 0 Å². The summed E-state index contributed by atoms with van der Waals surface area (Å²) in [7, 11) is 0.914. The van der Waals surface area contributed by atoms with E-state index in [0.29, 0.717) is 0 Å². The molecule has 0 unspecified atom stereocenters. The van der Waals surface area contributed by atoms with E-state index in [1.165, 1.54) is 69.6 Å². The number of sulfonamides is 1. The van der Waals surface area contributed by atoms with Gasteiger partial charge >= 0.3 is 5.97 Å². The zero-order valence-corrected chi connectivity index (χ0v) is 17.0. The van der Waals surface area contributed by atoms with Crippen molar-refractivity contribution >= 4 is 35.7 Å². The maximum absolute atomic E-state index is 11.5. The average molecular weight is 436 g/mol. The van der Waals surface area contributed by atoms with E-state index in [9.17, 15) is 21.6 Å². The first-order valence-electron chi connectivity index (χ1n) is 7.28. The molecule has 27 heavy (non-hydrogen) atoms. The van der Waals surface area contributed by atoms with Gasteiger partial charge in [-0.2, -0.15) is 0 Å². The Morgan fingerprint density at radius 3 is 1.74 bits per heavy atom. The summed E-state index contributed by atoms with van der Waals surface area (Å²) in [4.78, 5) is 10.7. The van der Waals surface area contributed by atoms with Crippen LogP contribution in [-0.2, 0) is 23.9 Å². The second kappa shape index (κ2) is 9.18. The maximum atomic E-state index is 11.5. The van der Waals surface area contributed by atoms with Crippen LogP contribution in [-0.4, -0.2) is 46.3 Å². The number of phenols is 1. The van der Waals surface area contributed by atoms with Gasteiger partial charge in [-0.15, -0.1) is 0 Å². The Morgan fingerprint density at radius 1 is 0.926 bits per heavy atom. The number of ether oxygens (including phenoxy) is 1. The van der Waals surface area contributed by atoms with Crippen LogP contribution in [0.15, 0.2) is 58.3 Å². The highest BCUT2D eigenvalue weighted by Gasteiger charge is 2.16. The molecule has 0 bridgehead atoms. The van der Waals surface area contributed by atoms with Crippen LogP contribution in [0.2, 0.25) is 0 Å². The summed E-state index contributed by atoms with van der Waals surface area (Å²) in [6.07, 6.45) is 0. The Balaban J connectivity index is 0.000000271. The lowest BCUT2D eigenvalue weighted by Gasteiger charge is -2.10. The highest BCUT2D eigenvalue weighted by atomic mass is 35.7. The molecule has 2 aromatic rings. The van der Waals surface area contributed by atoms with Gasteiger partial charge in [-0.1, -0.05) is 0 Å². The Bertz CT molecular complexity index is 984. The van der Waals surface area contributed by atoms with Gasteiger partial charge in [0.25, 0.3) is 9.05 Å². The Morgan fingerprint density at radius 2 is 1.37 bits per heavy atom. The largest absolute Gasteiger partial charge is 0.508 e. The van der Waals surface area contributed by atoms with Gasteiger partial charge in [0.1, 0.15) is 11.5 Å². The molecule has 0 amide bonds. The second-order valence-electron chi connectivity index (χ2n) is 5.28. The lowest BCUT2D eigenvalue weighted by molar-refractivity contribution is -0.131. The van der Waals surface area contributed by atoms with Gasteiger partial charge in [-0.3, -0.25) is 4.79 Å². The number of phenolic OH excluding ortho intramolecular Hbond substituents is 1. The number of aromatic hydroxyl groups is 1. The molecule has 2 aromatic carbocycles. The highest BCUT2D eigenvalue weighted by molar-refractivity contribution is 8.13. The number of hydrogen-bond acceptors (Lipinski definition) is 7. The topological polar surface area (TPSA) is 118 Å². The molecular weight excluding hydrogens is 418 g/mol. The molecule has 0 saturated carbocycles. The molecule has 0 aliphatic heterocycles. The number of benzene rings is 2. The fraction of sp³-hybridized carbons (Fsp3) is 0.188. The van der Waals surface area contributed by atoms with E-state index in [-0.39, 0.29) is 21.3 Å². The first-order valence-corrected chi connectivity index (χ1v) is 11.0. The summed E-state index contributed by atoms with van der Waals surface area (Å²) in [6, 6.07) is 10.7. The highest BCUT2D eigenvalue weighted by Crippen LogP contribution is 2.19. The van der Waals surface area contributed by atoms with E-state index >= 15 is 0 Å². The van der Waals surface area contributed by atoms with Gasteiger partial charge in [0, 0.05) is 31.7 Å². The number of carbonyl (C=O) groups is 1. The van der Waals surface area contributed by atoms with Crippen molar-refractivity contribution in [3.8, 4) is 11.5 Å². The minimum absolute atomic E-state index is 0.0323. The van der Waals surface area contributed by atoms with Crippen LogP contribution in [0.3, 0.4) is 0 Å². The van der Waals surface area contributed by atoms with Crippen molar-refractivity contribution in [2.75, 3.05) is 14.1 Å². The lowest BCUT2D eigenvalue weighted by atomic mass is 10.3. The Labute approximate surface area is 162 Å². The molecular formula is C16H18ClNO7S2. The molecule has 2 rings (SSSR count). The third kappa shape index (κ3) is 7.18. The van der Waals surface area contributed by atoms with Gasteiger partial charge in [0.05, 0.1) is 9.79 Å². The fourth-order valence-electron chi connectivity index (χ4n) is 1.67. The standard InChI is InChI=1S/C8H7ClO4S.C8H11NO3S/c1-6(10)13-7-2-4-8(5-3-7)14(9,11)12;1-9(2)13(11,12)8-5-3-7(10)4-6-8/h2-5H,1H3;3-6,10H,1-2H3. The predicted octanol–water partition coefficient (Wildman–Crippen LogP) is 2.18. The van der Waals surface area contributed by atoms with Crippen molar-refractivity contribution in [3.63, 3.8) is 0 Å². The van der Waals surface area contributed by atoms with Crippen LogP contribution in [0.1, 0.15) is 6.92 Å². The van der Waals surface area contributed by atoms with Crippen LogP contribution >= 0.6 is 10.7 Å². The number of hydrogen-bond donors (Lipinski definition) is 1. The monoisotopic (exact) mass is 435 g/mol. The zero-order chi connectivity index (χ0) is 20.8. The fourth-order valence-corrected chi connectivity index (χ4v) is 3.34. The molecule has 148 valence electrons. The lowest BCUT2D eigenvalue weighted by Crippen LogP contribution is -2.21.